The Balaban J connectivity index is 1.48. The Morgan fingerprint density at radius 2 is 1.39 bits per heavy atom. The molecular weight excluding hydrogens is 470 g/mol. The van der Waals surface area contributed by atoms with E-state index < -0.39 is 0 Å². The summed E-state index contributed by atoms with van der Waals surface area (Å²) in [5.74, 6) is -0.492. The average molecular weight is 488 g/mol. The van der Waals surface area contributed by atoms with E-state index in [1.54, 1.807) is 9.80 Å². The second-order valence-electron chi connectivity index (χ2n) is 6.74. The standard InChI is InChI=1S/C22H18FIN2O2/c23-16-8-9-19(20(24)14-16)22(28)26-12-10-25(11-13-26)21(27)18-7-3-5-15-4-1-2-6-17(15)18/h1-9,14H,10-13H2. The van der Waals surface area contributed by atoms with Crippen molar-refractivity contribution in [2.45, 2.75) is 0 Å². The summed E-state index contributed by atoms with van der Waals surface area (Å²) in [6.45, 7) is 1.88. The molecule has 1 fully saturated rings. The van der Waals surface area contributed by atoms with Crippen molar-refractivity contribution in [2.75, 3.05) is 26.2 Å². The van der Waals surface area contributed by atoms with Crippen LogP contribution in [0.2, 0.25) is 0 Å². The summed E-state index contributed by atoms with van der Waals surface area (Å²) in [4.78, 5) is 29.3. The van der Waals surface area contributed by atoms with Gasteiger partial charge in [0.15, 0.2) is 0 Å². The van der Waals surface area contributed by atoms with E-state index in [1.807, 2.05) is 65.1 Å². The maximum absolute atomic E-state index is 13.3. The number of piperazine rings is 1. The van der Waals surface area contributed by atoms with Crippen LogP contribution in [0, 0.1) is 9.39 Å². The monoisotopic (exact) mass is 488 g/mol. The molecule has 0 saturated carbocycles. The first-order valence-electron chi connectivity index (χ1n) is 9.06. The van der Waals surface area contributed by atoms with Crippen LogP contribution in [-0.4, -0.2) is 47.8 Å². The number of nitrogens with zero attached hydrogens (tertiary/aromatic N) is 2. The summed E-state index contributed by atoms with van der Waals surface area (Å²) >= 11 is 1.98. The molecule has 1 heterocycles. The molecule has 4 nitrogen and oxygen atoms in total. The van der Waals surface area contributed by atoms with Gasteiger partial charge < -0.3 is 9.80 Å². The minimum atomic E-state index is -0.355. The Kier molecular flexibility index (Phi) is 5.30. The number of carbonyl (C=O) groups excluding carboxylic acids is 2. The van der Waals surface area contributed by atoms with Gasteiger partial charge in [0.2, 0.25) is 0 Å². The molecule has 0 aromatic heterocycles. The Labute approximate surface area is 176 Å². The number of benzene rings is 3. The zero-order valence-electron chi connectivity index (χ0n) is 15.1. The molecule has 1 saturated heterocycles. The summed E-state index contributed by atoms with van der Waals surface area (Å²) < 4.78 is 13.9. The van der Waals surface area contributed by atoms with Crippen LogP contribution in [-0.2, 0) is 0 Å². The smallest absolute Gasteiger partial charge is 0.255 e. The van der Waals surface area contributed by atoms with Crippen molar-refractivity contribution in [2.24, 2.45) is 0 Å². The lowest BCUT2D eigenvalue weighted by Gasteiger charge is -2.35. The fourth-order valence-electron chi connectivity index (χ4n) is 3.53. The van der Waals surface area contributed by atoms with E-state index in [1.165, 1.54) is 18.2 Å². The second kappa shape index (κ2) is 7.87. The maximum atomic E-state index is 13.3. The highest BCUT2D eigenvalue weighted by atomic mass is 127. The molecule has 3 aromatic rings. The lowest BCUT2D eigenvalue weighted by Crippen LogP contribution is -2.50. The van der Waals surface area contributed by atoms with Gasteiger partial charge >= 0.3 is 0 Å². The summed E-state index contributed by atoms with van der Waals surface area (Å²) in [5, 5.41) is 1.97. The van der Waals surface area contributed by atoms with E-state index in [4.69, 9.17) is 0 Å². The zero-order valence-corrected chi connectivity index (χ0v) is 17.2. The fraction of sp³-hybridized carbons (Fsp3) is 0.182. The van der Waals surface area contributed by atoms with Gasteiger partial charge in [-0.15, -0.1) is 0 Å². The zero-order chi connectivity index (χ0) is 19.7. The van der Waals surface area contributed by atoms with Crippen LogP contribution >= 0.6 is 22.6 Å². The molecule has 4 rings (SSSR count). The first kappa shape index (κ1) is 18.9. The molecule has 6 heteroatoms. The third kappa shape index (κ3) is 3.61. The van der Waals surface area contributed by atoms with E-state index in [9.17, 15) is 14.0 Å². The molecule has 28 heavy (non-hydrogen) atoms. The molecule has 3 aromatic carbocycles. The number of fused-ring (bicyclic) bond motifs is 1. The minimum Gasteiger partial charge on any atom is -0.335 e. The van der Waals surface area contributed by atoms with Crippen LogP contribution in [0.15, 0.2) is 60.7 Å². The summed E-state index contributed by atoms with van der Waals surface area (Å²) in [6.07, 6.45) is 0. The van der Waals surface area contributed by atoms with Crippen molar-refractivity contribution in [3.05, 3.63) is 81.2 Å². The number of hydrogen-bond acceptors (Lipinski definition) is 2. The molecule has 142 valence electrons. The van der Waals surface area contributed by atoms with Crippen molar-refractivity contribution < 1.29 is 14.0 Å². The lowest BCUT2D eigenvalue weighted by atomic mass is 10.0. The molecular formula is C22H18FIN2O2. The minimum absolute atomic E-state index is 0.0136. The van der Waals surface area contributed by atoms with E-state index in [-0.39, 0.29) is 17.6 Å². The molecule has 0 aliphatic carbocycles. The lowest BCUT2D eigenvalue weighted by molar-refractivity contribution is 0.0536. The maximum Gasteiger partial charge on any atom is 0.255 e. The highest BCUT2D eigenvalue weighted by molar-refractivity contribution is 14.1. The van der Waals surface area contributed by atoms with Crippen LogP contribution < -0.4 is 0 Å². The average Bonchev–Trinajstić information content (AvgIpc) is 2.72. The van der Waals surface area contributed by atoms with Crippen molar-refractivity contribution in [3.63, 3.8) is 0 Å². The van der Waals surface area contributed by atoms with Gasteiger partial charge in [-0.2, -0.15) is 0 Å². The van der Waals surface area contributed by atoms with Gasteiger partial charge in [-0.1, -0.05) is 36.4 Å². The van der Waals surface area contributed by atoms with Gasteiger partial charge in [-0.25, -0.2) is 4.39 Å². The van der Waals surface area contributed by atoms with Crippen LogP contribution in [0.25, 0.3) is 10.8 Å². The molecule has 0 unspecified atom stereocenters. The molecule has 0 radical (unpaired) electrons. The largest absolute Gasteiger partial charge is 0.335 e. The molecule has 2 amide bonds. The fourth-order valence-corrected chi connectivity index (χ4v) is 4.24. The van der Waals surface area contributed by atoms with Gasteiger partial charge in [-0.3, -0.25) is 9.59 Å². The number of amides is 2. The van der Waals surface area contributed by atoms with Gasteiger partial charge in [0.1, 0.15) is 5.82 Å². The highest BCUT2D eigenvalue weighted by Gasteiger charge is 2.27. The normalized spacial score (nSPS) is 14.4. The second-order valence-corrected chi connectivity index (χ2v) is 7.90. The third-order valence-electron chi connectivity index (χ3n) is 5.04. The molecule has 0 atom stereocenters. The molecule has 1 aliphatic rings. The van der Waals surface area contributed by atoms with E-state index >= 15 is 0 Å². The Hall–Kier alpha value is -2.48. The number of rotatable bonds is 2. The van der Waals surface area contributed by atoms with Crippen LogP contribution in [0.4, 0.5) is 4.39 Å². The topological polar surface area (TPSA) is 40.6 Å². The summed E-state index contributed by atoms with van der Waals surface area (Å²) in [7, 11) is 0. The highest BCUT2D eigenvalue weighted by Crippen LogP contribution is 2.22. The van der Waals surface area contributed by atoms with Crippen molar-refractivity contribution in [1.82, 2.24) is 9.80 Å². The summed E-state index contributed by atoms with van der Waals surface area (Å²) in [6, 6.07) is 17.8. The van der Waals surface area contributed by atoms with Crippen LogP contribution in [0.3, 0.4) is 0 Å². The van der Waals surface area contributed by atoms with E-state index in [0.29, 0.717) is 40.9 Å². The Morgan fingerprint density at radius 1 is 0.786 bits per heavy atom. The predicted molar refractivity (Wildman–Crippen MR) is 115 cm³/mol. The van der Waals surface area contributed by atoms with Crippen LogP contribution in [0.5, 0.6) is 0 Å². The molecule has 0 spiro atoms. The summed E-state index contributed by atoms with van der Waals surface area (Å²) in [5.41, 5.74) is 1.18. The third-order valence-corrected chi connectivity index (χ3v) is 5.93. The molecule has 0 bridgehead atoms. The number of halogens is 2. The van der Waals surface area contributed by atoms with Gasteiger partial charge in [0.25, 0.3) is 11.8 Å². The van der Waals surface area contributed by atoms with Crippen LogP contribution in [0.1, 0.15) is 20.7 Å². The Morgan fingerprint density at radius 3 is 2.07 bits per heavy atom. The molecule has 1 aliphatic heterocycles. The van der Waals surface area contributed by atoms with E-state index in [0.717, 1.165) is 10.8 Å². The first-order valence-corrected chi connectivity index (χ1v) is 10.1. The van der Waals surface area contributed by atoms with Crippen molar-refractivity contribution in [3.8, 4) is 0 Å². The van der Waals surface area contributed by atoms with Crippen molar-refractivity contribution >= 4 is 45.2 Å². The number of carbonyl (C=O) groups is 2. The van der Waals surface area contributed by atoms with Gasteiger partial charge in [0.05, 0.1) is 5.56 Å². The SMILES string of the molecule is O=C(c1ccc(F)cc1I)N1CCN(C(=O)c2cccc3ccccc23)CC1. The quantitative estimate of drug-likeness (QED) is 0.508. The van der Waals surface area contributed by atoms with E-state index in [2.05, 4.69) is 0 Å². The van der Waals surface area contributed by atoms with Gasteiger partial charge in [0, 0.05) is 35.3 Å². The Bertz CT molecular complexity index is 1060. The van der Waals surface area contributed by atoms with Crippen molar-refractivity contribution in [1.29, 1.82) is 0 Å². The predicted octanol–water partition coefficient (Wildman–Crippen LogP) is 4.18. The first-order chi connectivity index (χ1) is 13.5. The van der Waals surface area contributed by atoms with Gasteiger partial charge in [-0.05, 0) is 57.6 Å². The number of hydrogen-bond donors (Lipinski definition) is 0. The molecule has 0 N–H and O–H groups in total.